The lowest BCUT2D eigenvalue weighted by Gasteiger charge is -2.05. The van der Waals surface area contributed by atoms with Crippen LogP contribution in [0.4, 0.5) is 5.82 Å². The first-order chi connectivity index (χ1) is 10.1. The Balaban J connectivity index is 1.84. The number of carbonyl (C=O) groups is 1. The predicted octanol–water partition coefficient (Wildman–Crippen LogP) is 0.600. The quantitative estimate of drug-likeness (QED) is 0.598. The first-order valence-corrected chi connectivity index (χ1v) is 6.21. The Kier molecular flexibility index (Phi) is 4.62. The van der Waals surface area contributed by atoms with Gasteiger partial charge >= 0.3 is 5.82 Å². The molecular weight excluding hydrogens is 276 g/mol. The van der Waals surface area contributed by atoms with Crippen LogP contribution < -0.4 is 5.32 Å². The molecule has 0 radical (unpaired) electrons. The third kappa shape index (κ3) is 4.11. The molecule has 0 unspecified atom stereocenters. The van der Waals surface area contributed by atoms with Crippen LogP contribution >= 0.6 is 0 Å². The highest BCUT2D eigenvalue weighted by Gasteiger charge is 2.13. The van der Waals surface area contributed by atoms with E-state index >= 15 is 0 Å². The van der Waals surface area contributed by atoms with E-state index in [9.17, 15) is 14.9 Å². The fraction of sp³-hybridized carbons (Fsp3) is 0.231. The van der Waals surface area contributed by atoms with Crippen LogP contribution in [0, 0.1) is 10.1 Å². The molecule has 0 atom stereocenters. The smallest absolute Gasteiger partial charge is 0.389 e. The third-order valence-electron chi connectivity index (χ3n) is 2.81. The van der Waals surface area contributed by atoms with E-state index in [1.165, 1.54) is 16.9 Å². The van der Waals surface area contributed by atoms with Gasteiger partial charge in [-0.2, -0.15) is 4.68 Å². The zero-order chi connectivity index (χ0) is 15.2. The van der Waals surface area contributed by atoms with Crippen molar-refractivity contribution in [2.45, 2.75) is 19.7 Å². The van der Waals surface area contributed by atoms with Gasteiger partial charge in [-0.25, -0.2) is 0 Å². The Labute approximate surface area is 120 Å². The molecule has 0 fully saturated rings. The summed E-state index contributed by atoms with van der Waals surface area (Å²) in [5.74, 6) is -0.582. The summed E-state index contributed by atoms with van der Waals surface area (Å²) in [6.45, 7) is 0.237. The molecule has 110 valence electrons. The fourth-order valence-corrected chi connectivity index (χ4v) is 1.70. The molecule has 0 bridgehead atoms. The van der Waals surface area contributed by atoms with Crippen molar-refractivity contribution in [1.82, 2.24) is 15.1 Å². The number of rotatable bonds is 6. The predicted molar refractivity (Wildman–Crippen MR) is 73.1 cm³/mol. The molecule has 1 aromatic heterocycles. The van der Waals surface area contributed by atoms with Crippen molar-refractivity contribution in [3.05, 3.63) is 57.8 Å². The van der Waals surface area contributed by atoms with Crippen molar-refractivity contribution in [3.8, 4) is 0 Å². The van der Waals surface area contributed by atoms with Crippen molar-refractivity contribution in [3.63, 3.8) is 0 Å². The molecular formula is C13H14N4O4. The molecule has 1 aromatic carbocycles. The molecule has 0 spiro atoms. The Morgan fingerprint density at radius 1 is 1.29 bits per heavy atom. The average molecular weight is 290 g/mol. The number of aromatic nitrogens is 2. The molecule has 2 N–H and O–H groups in total. The minimum Gasteiger partial charge on any atom is -0.392 e. The van der Waals surface area contributed by atoms with E-state index in [1.54, 1.807) is 12.1 Å². The summed E-state index contributed by atoms with van der Waals surface area (Å²) in [5.41, 5.74) is 1.70. The lowest BCUT2D eigenvalue weighted by Crippen LogP contribution is -2.27. The van der Waals surface area contributed by atoms with Gasteiger partial charge in [-0.3, -0.25) is 4.79 Å². The molecule has 2 aromatic rings. The minimum atomic E-state index is -0.614. The number of nitro groups is 1. The SMILES string of the molecule is O=C(Cn1ccc([N+](=O)[O-])n1)NCc1ccc(CO)cc1. The van der Waals surface area contributed by atoms with Gasteiger partial charge < -0.3 is 20.5 Å². The van der Waals surface area contributed by atoms with Crippen LogP contribution in [0.1, 0.15) is 11.1 Å². The number of benzene rings is 1. The van der Waals surface area contributed by atoms with E-state index in [0.717, 1.165) is 11.1 Å². The van der Waals surface area contributed by atoms with E-state index in [0.29, 0.717) is 6.54 Å². The van der Waals surface area contributed by atoms with Crippen molar-refractivity contribution < 1.29 is 14.8 Å². The number of nitrogens with one attached hydrogen (secondary N) is 1. The summed E-state index contributed by atoms with van der Waals surface area (Å²) < 4.78 is 1.21. The minimum absolute atomic E-state index is 0.0231. The van der Waals surface area contributed by atoms with E-state index in [2.05, 4.69) is 10.4 Å². The second kappa shape index (κ2) is 6.62. The Morgan fingerprint density at radius 2 is 1.95 bits per heavy atom. The van der Waals surface area contributed by atoms with Crippen molar-refractivity contribution in [1.29, 1.82) is 0 Å². The van der Waals surface area contributed by atoms with Gasteiger partial charge in [0.2, 0.25) is 5.91 Å². The van der Waals surface area contributed by atoms with Gasteiger partial charge in [-0.05, 0) is 16.1 Å². The molecule has 8 nitrogen and oxygen atoms in total. The van der Waals surface area contributed by atoms with Crippen LogP contribution in [0.15, 0.2) is 36.5 Å². The molecule has 2 rings (SSSR count). The lowest BCUT2D eigenvalue weighted by atomic mass is 10.1. The molecule has 0 saturated carbocycles. The standard InChI is InChI=1S/C13H14N4O4/c18-9-11-3-1-10(2-4-11)7-14-13(19)8-16-6-5-12(15-16)17(20)21/h1-6,18H,7-9H2,(H,14,19). The number of amides is 1. The summed E-state index contributed by atoms with van der Waals surface area (Å²) >= 11 is 0. The molecule has 0 aliphatic carbocycles. The molecule has 1 heterocycles. The second-order valence-electron chi connectivity index (χ2n) is 4.38. The van der Waals surface area contributed by atoms with Crippen LogP contribution in [0.5, 0.6) is 0 Å². The van der Waals surface area contributed by atoms with E-state index in [1.807, 2.05) is 12.1 Å². The Hall–Kier alpha value is -2.74. The number of hydrogen-bond acceptors (Lipinski definition) is 5. The molecule has 0 aliphatic rings. The third-order valence-corrected chi connectivity index (χ3v) is 2.81. The van der Waals surface area contributed by atoms with Gasteiger partial charge in [-0.1, -0.05) is 24.3 Å². The number of aliphatic hydroxyl groups excluding tert-OH is 1. The molecule has 1 amide bonds. The highest BCUT2D eigenvalue weighted by atomic mass is 16.6. The monoisotopic (exact) mass is 290 g/mol. The summed E-state index contributed by atoms with van der Waals surface area (Å²) in [4.78, 5) is 21.6. The van der Waals surface area contributed by atoms with Crippen molar-refractivity contribution in [2.75, 3.05) is 0 Å². The fourth-order valence-electron chi connectivity index (χ4n) is 1.70. The first kappa shape index (κ1) is 14.7. The molecule has 21 heavy (non-hydrogen) atoms. The van der Waals surface area contributed by atoms with E-state index in [-0.39, 0.29) is 24.9 Å². The second-order valence-corrected chi connectivity index (χ2v) is 4.38. The zero-order valence-corrected chi connectivity index (χ0v) is 11.1. The highest BCUT2D eigenvalue weighted by molar-refractivity contribution is 5.75. The van der Waals surface area contributed by atoms with Crippen molar-refractivity contribution >= 4 is 11.7 Å². The number of carbonyl (C=O) groups excluding carboxylic acids is 1. The summed E-state index contributed by atoms with van der Waals surface area (Å²) in [6.07, 6.45) is 1.38. The average Bonchev–Trinajstić information content (AvgIpc) is 2.94. The number of hydrogen-bond donors (Lipinski definition) is 2. The maximum Gasteiger partial charge on any atom is 0.389 e. The largest absolute Gasteiger partial charge is 0.392 e. The zero-order valence-electron chi connectivity index (χ0n) is 11.1. The molecule has 8 heteroatoms. The van der Waals surface area contributed by atoms with Gasteiger partial charge in [-0.15, -0.1) is 0 Å². The van der Waals surface area contributed by atoms with Crippen molar-refractivity contribution in [2.24, 2.45) is 0 Å². The molecule has 0 aliphatic heterocycles. The summed E-state index contributed by atoms with van der Waals surface area (Å²) in [7, 11) is 0. The van der Waals surface area contributed by atoms with E-state index in [4.69, 9.17) is 5.11 Å². The van der Waals surface area contributed by atoms with Gasteiger partial charge in [0.05, 0.1) is 24.0 Å². The van der Waals surface area contributed by atoms with Crippen LogP contribution in [0.25, 0.3) is 0 Å². The van der Waals surface area contributed by atoms with Crippen LogP contribution in [0.2, 0.25) is 0 Å². The summed E-state index contributed by atoms with van der Waals surface area (Å²) in [5, 5.41) is 25.7. The van der Waals surface area contributed by atoms with E-state index < -0.39 is 4.92 Å². The maximum atomic E-state index is 11.7. The van der Waals surface area contributed by atoms with Gasteiger partial charge in [0.25, 0.3) is 0 Å². The lowest BCUT2D eigenvalue weighted by molar-refractivity contribution is -0.389. The topological polar surface area (TPSA) is 110 Å². The normalized spacial score (nSPS) is 10.3. The van der Waals surface area contributed by atoms with Crippen LogP contribution in [-0.4, -0.2) is 25.7 Å². The number of aliphatic hydroxyl groups is 1. The van der Waals surface area contributed by atoms with Crippen LogP contribution in [0.3, 0.4) is 0 Å². The van der Waals surface area contributed by atoms with Crippen LogP contribution in [-0.2, 0) is 24.5 Å². The first-order valence-electron chi connectivity index (χ1n) is 6.21. The van der Waals surface area contributed by atoms with Gasteiger partial charge in [0.1, 0.15) is 6.54 Å². The van der Waals surface area contributed by atoms with Gasteiger partial charge in [0.15, 0.2) is 0 Å². The Morgan fingerprint density at radius 3 is 2.52 bits per heavy atom. The maximum absolute atomic E-state index is 11.7. The van der Waals surface area contributed by atoms with Gasteiger partial charge in [0, 0.05) is 6.54 Å². The Bertz CT molecular complexity index is 636. The molecule has 0 saturated heterocycles. The summed E-state index contributed by atoms with van der Waals surface area (Å²) in [6, 6.07) is 8.41. The highest BCUT2D eigenvalue weighted by Crippen LogP contribution is 2.06. The number of nitrogens with zero attached hydrogens (tertiary/aromatic N) is 3.